The Kier molecular flexibility index (Phi) is 6.17. The Bertz CT molecular complexity index is 2510. The van der Waals surface area contributed by atoms with Crippen molar-refractivity contribution in [2.45, 2.75) is 0 Å². The third-order valence-corrected chi connectivity index (χ3v) is 9.02. The van der Waals surface area contributed by atoms with E-state index in [4.69, 9.17) is 4.42 Å². The summed E-state index contributed by atoms with van der Waals surface area (Å²) in [7, 11) is 0. The summed E-state index contributed by atoms with van der Waals surface area (Å²) in [6.07, 6.45) is 0. The van der Waals surface area contributed by atoms with Crippen molar-refractivity contribution in [1.29, 1.82) is 0 Å². The highest BCUT2D eigenvalue weighted by molar-refractivity contribution is 6.17. The average molecular weight is 588 g/mol. The molecule has 0 bridgehead atoms. The Morgan fingerprint density at radius 1 is 0.304 bits per heavy atom. The standard InChI is InChI=1S/C44H29NO/c1-3-10-30(11-4-1)31-18-20-32(21-19-31)34-12-9-15-37(26-34)45(36-13-5-2-6-14-36)38-25-24-33-22-23-35-27-44-42(29-41(35)40(33)28-38)39-16-7-8-17-43(39)46-44/h1-29H. The molecule has 0 spiro atoms. The normalized spacial score (nSPS) is 11.5. The van der Waals surface area contributed by atoms with Crippen LogP contribution in [0.2, 0.25) is 0 Å². The number of hydrogen-bond acceptors (Lipinski definition) is 2. The number of nitrogens with zero attached hydrogens (tertiary/aromatic N) is 1. The van der Waals surface area contributed by atoms with E-state index >= 15 is 0 Å². The van der Waals surface area contributed by atoms with Gasteiger partial charge in [-0.05, 0) is 98.4 Å². The molecule has 0 saturated heterocycles. The zero-order valence-corrected chi connectivity index (χ0v) is 25.1. The van der Waals surface area contributed by atoms with Gasteiger partial charge in [0.15, 0.2) is 0 Å². The van der Waals surface area contributed by atoms with Crippen molar-refractivity contribution in [1.82, 2.24) is 0 Å². The molecule has 216 valence electrons. The van der Waals surface area contributed by atoms with Gasteiger partial charge in [0, 0.05) is 27.8 Å². The van der Waals surface area contributed by atoms with E-state index in [2.05, 4.69) is 169 Å². The van der Waals surface area contributed by atoms with Gasteiger partial charge < -0.3 is 9.32 Å². The summed E-state index contributed by atoms with van der Waals surface area (Å²) >= 11 is 0. The van der Waals surface area contributed by atoms with Gasteiger partial charge in [-0.1, -0.05) is 121 Å². The Morgan fingerprint density at radius 2 is 0.891 bits per heavy atom. The van der Waals surface area contributed by atoms with E-state index in [9.17, 15) is 0 Å². The first-order valence-corrected chi connectivity index (χ1v) is 15.7. The van der Waals surface area contributed by atoms with Crippen LogP contribution in [-0.4, -0.2) is 0 Å². The number of anilines is 3. The Balaban J connectivity index is 1.18. The van der Waals surface area contributed by atoms with Crippen LogP contribution in [-0.2, 0) is 0 Å². The van der Waals surface area contributed by atoms with E-state index in [0.29, 0.717) is 0 Å². The molecule has 0 unspecified atom stereocenters. The monoisotopic (exact) mass is 587 g/mol. The van der Waals surface area contributed by atoms with Crippen LogP contribution in [0.3, 0.4) is 0 Å². The number of furan rings is 1. The van der Waals surface area contributed by atoms with Crippen LogP contribution < -0.4 is 4.90 Å². The van der Waals surface area contributed by atoms with Gasteiger partial charge in [0.25, 0.3) is 0 Å². The van der Waals surface area contributed by atoms with E-state index in [-0.39, 0.29) is 0 Å². The molecule has 9 rings (SSSR count). The second kappa shape index (κ2) is 10.8. The molecule has 0 saturated carbocycles. The van der Waals surface area contributed by atoms with Gasteiger partial charge in [-0.3, -0.25) is 0 Å². The zero-order chi connectivity index (χ0) is 30.5. The molecule has 8 aromatic carbocycles. The average Bonchev–Trinajstić information content (AvgIpc) is 3.49. The molecule has 46 heavy (non-hydrogen) atoms. The quantitative estimate of drug-likeness (QED) is 0.186. The molecule has 0 atom stereocenters. The van der Waals surface area contributed by atoms with Gasteiger partial charge in [-0.25, -0.2) is 0 Å². The third kappa shape index (κ3) is 4.51. The van der Waals surface area contributed by atoms with Crippen LogP contribution in [0.25, 0.3) is 65.7 Å². The predicted octanol–water partition coefficient (Wildman–Crippen LogP) is 12.7. The number of rotatable bonds is 5. The maximum Gasteiger partial charge on any atom is 0.136 e. The minimum absolute atomic E-state index is 0.919. The molecule has 0 radical (unpaired) electrons. The topological polar surface area (TPSA) is 16.4 Å². The molecular formula is C44H29NO. The molecule has 0 aliphatic carbocycles. The first-order chi connectivity index (χ1) is 22.8. The van der Waals surface area contributed by atoms with E-state index in [1.54, 1.807) is 0 Å². The number of para-hydroxylation sites is 2. The van der Waals surface area contributed by atoms with Crippen LogP contribution in [0, 0.1) is 0 Å². The van der Waals surface area contributed by atoms with E-state index in [1.807, 2.05) is 12.1 Å². The van der Waals surface area contributed by atoms with Crippen LogP contribution in [0.15, 0.2) is 180 Å². The second-order valence-corrected chi connectivity index (χ2v) is 11.8. The minimum Gasteiger partial charge on any atom is -0.456 e. The molecule has 0 aliphatic heterocycles. The van der Waals surface area contributed by atoms with Gasteiger partial charge in [0.1, 0.15) is 11.2 Å². The Labute approximate surface area is 267 Å². The highest BCUT2D eigenvalue weighted by atomic mass is 16.3. The summed E-state index contributed by atoms with van der Waals surface area (Å²) in [6, 6.07) is 62.8. The number of fused-ring (bicyclic) bond motifs is 6. The van der Waals surface area contributed by atoms with Gasteiger partial charge in [-0.15, -0.1) is 0 Å². The summed E-state index contributed by atoms with van der Waals surface area (Å²) in [4.78, 5) is 2.35. The minimum atomic E-state index is 0.919. The van der Waals surface area contributed by atoms with Gasteiger partial charge in [0.2, 0.25) is 0 Å². The van der Waals surface area contributed by atoms with Crippen molar-refractivity contribution in [2.24, 2.45) is 0 Å². The smallest absolute Gasteiger partial charge is 0.136 e. The molecular weight excluding hydrogens is 558 g/mol. The van der Waals surface area contributed by atoms with Crippen LogP contribution in [0.5, 0.6) is 0 Å². The van der Waals surface area contributed by atoms with Crippen molar-refractivity contribution in [3.8, 4) is 22.3 Å². The molecule has 0 fully saturated rings. The highest BCUT2D eigenvalue weighted by Crippen LogP contribution is 2.40. The lowest BCUT2D eigenvalue weighted by Crippen LogP contribution is -2.09. The first-order valence-electron chi connectivity index (χ1n) is 15.7. The zero-order valence-electron chi connectivity index (χ0n) is 25.1. The molecule has 1 heterocycles. The van der Waals surface area contributed by atoms with Crippen molar-refractivity contribution < 1.29 is 4.42 Å². The summed E-state index contributed by atoms with van der Waals surface area (Å²) in [5, 5.41) is 7.11. The Morgan fingerprint density at radius 3 is 1.72 bits per heavy atom. The van der Waals surface area contributed by atoms with E-state index < -0.39 is 0 Å². The fourth-order valence-corrected chi connectivity index (χ4v) is 6.73. The summed E-state index contributed by atoms with van der Waals surface area (Å²) in [6.45, 7) is 0. The van der Waals surface area contributed by atoms with Crippen molar-refractivity contribution in [3.05, 3.63) is 176 Å². The van der Waals surface area contributed by atoms with Gasteiger partial charge in [-0.2, -0.15) is 0 Å². The Hall–Kier alpha value is -6.12. The van der Waals surface area contributed by atoms with Crippen molar-refractivity contribution in [3.63, 3.8) is 0 Å². The first kappa shape index (κ1) is 26.3. The van der Waals surface area contributed by atoms with E-state index in [1.165, 1.54) is 43.8 Å². The molecule has 0 aliphatic rings. The fraction of sp³-hybridized carbons (Fsp3) is 0. The second-order valence-electron chi connectivity index (χ2n) is 11.8. The van der Waals surface area contributed by atoms with Crippen molar-refractivity contribution in [2.75, 3.05) is 4.90 Å². The molecule has 2 heteroatoms. The van der Waals surface area contributed by atoms with Gasteiger partial charge in [0.05, 0.1) is 0 Å². The SMILES string of the molecule is c1ccc(-c2ccc(-c3cccc(N(c4ccccc4)c4ccc5ccc6cc7oc8ccccc8c7cc6c5c4)c3)cc2)cc1. The largest absolute Gasteiger partial charge is 0.456 e. The molecule has 9 aromatic rings. The molecule has 0 amide bonds. The predicted molar refractivity (Wildman–Crippen MR) is 194 cm³/mol. The lowest BCUT2D eigenvalue weighted by Gasteiger charge is -2.26. The van der Waals surface area contributed by atoms with Crippen LogP contribution >= 0.6 is 0 Å². The maximum absolute atomic E-state index is 6.22. The van der Waals surface area contributed by atoms with Gasteiger partial charge >= 0.3 is 0 Å². The summed E-state index contributed by atoms with van der Waals surface area (Å²) in [5.74, 6) is 0. The fourth-order valence-electron chi connectivity index (χ4n) is 6.73. The molecule has 0 N–H and O–H groups in total. The molecule has 1 aromatic heterocycles. The number of benzene rings is 8. The van der Waals surface area contributed by atoms with E-state index in [0.717, 1.165) is 39.0 Å². The lowest BCUT2D eigenvalue weighted by molar-refractivity contribution is 0.669. The van der Waals surface area contributed by atoms with Crippen molar-refractivity contribution >= 4 is 60.5 Å². The molecule has 2 nitrogen and oxygen atoms in total. The summed E-state index contributed by atoms with van der Waals surface area (Å²) in [5.41, 5.74) is 9.99. The highest BCUT2D eigenvalue weighted by Gasteiger charge is 2.16. The maximum atomic E-state index is 6.22. The lowest BCUT2D eigenvalue weighted by atomic mass is 9.98. The van der Waals surface area contributed by atoms with Crippen LogP contribution in [0.1, 0.15) is 0 Å². The number of hydrogen-bond donors (Lipinski definition) is 0. The summed E-state index contributed by atoms with van der Waals surface area (Å²) < 4.78 is 6.22. The van der Waals surface area contributed by atoms with Crippen LogP contribution in [0.4, 0.5) is 17.1 Å². The third-order valence-electron chi connectivity index (χ3n) is 9.02.